The first-order valence-corrected chi connectivity index (χ1v) is 12.0. The van der Waals surface area contributed by atoms with Crippen LogP contribution in [-0.4, -0.2) is 39.5 Å². The normalized spacial score (nSPS) is 15.9. The van der Waals surface area contributed by atoms with E-state index in [0.717, 1.165) is 35.4 Å². The highest BCUT2D eigenvalue weighted by atomic mass is 32.2. The second kappa shape index (κ2) is 9.14. The Morgan fingerprint density at radius 1 is 0.968 bits per heavy atom. The molecule has 0 unspecified atom stereocenters. The van der Waals surface area contributed by atoms with Gasteiger partial charge >= 0.3 is 0 Å². The van der Waals surface area contributed by atoms with Crippen molar-refractivity contribution < 1.29 is 4.79 Å². The van der Waals surface area contributed by atoms with Gasteiger partial charge in [-0.2, -0.15) is 0 Å². The van der Waals surface area contributed by atoms with E-state index in [1.54, 1.807) is 0 Å². The maximum absolute atomic E-state index is 13.3. The van der Waals surface area contributed by atoms with Crippen molar-refractivity contribution in [2.24, 2.45) is 0 Å². The van der Waals surface area contributed by atoms with Gasteiger partial charge in [-0.3, -0.25) is 9.36 Å². The van der Waals surface area contributed by atoms with Gasteiger partial charge in [-0.05, 0) is 43.4 Å². The topological polar surface area (TPSA) is 54.3 Å². The van der Waals surface area contributed by atoms with Gasteiger partial charge < -0.3 is 9.80 Å². The molecule has 1 amide bonds. The van der Waals surface area contributed by atoms with Crippen LogP contribution in [0.25, 0.3) is 0 Å². The average molecular weight is 434 g/mol. The van der Waals surface area contributed by atoms with Crippen molar-refractivity contribution in [1.82, 2.24) is 14.8 Å². The lowest BCUT2D eigenvalue weighted by atomic mass is 10.2. The van der Waals surface area contributed by atoms with Gasteiger partial charge in [0.2, 0.25) is 11.9 Å². The smallest absolute Gasteiger partial charge is 0.237 e. The highest BCUT2D eigenvalue weighted by Crippen LogP contribution is 2.41. The summed E-state index contributed by atoms with van der Waals surface area (Å²) in [5, 5.41) is 9.84. The molecule has 160 valence electrons. The molecule has 1 saturated heterocycles. The van der Waals surface area contributed by atoms with Crippen molar-refractivity contribution in [2.75, 3.05) is 28.6 Å². The number of nitrogens with zero attached hydrogens (tertiary/aromatic N) is 5. The van der Waals surface area contributed by atoms with Crippen molar-refractivity contribution in [2.45, 2.75) is 43.4 Å². The SMILES string of the molecule is O=C(CSc1nnc(N2CCCC2)n1C1CC1)N(Cc1ccccc1)c1ccccc1. The maximum atomic E-state index is 13.3. The molecule has 3 aromatic rings. The minimum Gasteiger partial charge on any atom is -0.341 e. The van der Waals surface area contributed by atoms with Crippen LogP contribution in [0, 0.1) is 0 Å². The van der Waals surface area contributed by atoms with Crippen LogP contribution >= 0.6 is 11.8 Å². The Bertz CT molecular complexity index is 1010. The third-order valence-electron chi connectivity index (χ3n) is 5.82. The number of hydrogen-bond acceptors (Lipinski definition) is 5. The number of para-hydroxylation sites is 1. The Balaban J connectivity index is 1.33. The quantitative estimate of drug-likeness (QED) is 0.488. The summed E-state index contributed by atoms with van der Waals surface area (Å²) in [6, 6.07) is 20.5. The van der Waals surface area contributed by atoms with E-state index in [0.29, 0.717) is 18.3 Å². The van der Waals surface area contributed by atoms with Crippen molar-refractivity contribution in [3.63, 3.8) is 0 Å². The third kappa shape index (κ3) is 4.61. The molecule has 1 aliphatic heterocycles. The van der Waals surface area contributed by atoms with Crippen LogP contribution in [0.15, 0.2) is 65.8 Å². The minimum atomic E-state index is 0.0770. The number of anilines is 2. The summed E-state index contributed by atoms with van der Waals surface area (Å²) in [5.74, 6) is 1.40. The molecule has 2 heterocycles. The molecule has 1 saturated carbocycles. The zero-order valence-electron chi connectivity index (χ0n) is 17.6. The van der Waals surface area contributed by atoms with E-state index in [1.807, 2.05) is 53.4 Å². The lowest BCUT2D eigenvalue weighted by Gasteiger charge is -2.23. The Morgan fingerprint density at radius 2 is 1.65 bits per heavy atom. The molecule has 0 spiro atoms. The monoisotopic (exact) mass is 433 g/mol. The fraction of sp³-hybridized carbons (Fsp3) is 0.375. The second-order valence-electron chi connectivity index (χ2n) is 8.17. The number of amides is 1. The molecule has 6 nitrogen and oxygen atoms in total. The summed E-state index contributed by atoms with van der Waals surface area (Å²) in [5.41, 5.74) is 2.03. The molecule has 2 aliphatic rings. The summed E-state index contributed by atoms with van der Waals surface area (Å²) in [4.78, 5) is 17.5. The highest BCUT2D eigenvalue weighted by Gasteiger charge is 2.32. The number of benzene rings is 2. The third-order valence-corrected chi connectivity index (χ3v) is 6.75. The van der Waals surface area contributed by atoms with Gasteiger partial charge in [0.1, 0.15) is 0 Å². The Labute approximate surface area is 187 Å². The molecule has 0 atom stereocenters. The fourth-order valence-corrected chi connectivity index (χ4v) is 4.93. The lowest BCUT2D eigenvalue weighted by molar-refractivity contribution is -0.116. The van der Waals surface area contributed by atoms with E-state index in [9.17, 15) is 4.79 Å². The van der Waals surface area contributed by atoms with Crippen molar-refractivity contribution >= 4 is 29.3 Å². The van der Waals surface area contributed by atoms with Gasteiger partial charge in [0.05, 0.1) is 12.3 Å². The van der Waals surface area contributed by atoms with Crippen LogP contribution in [-0.2, 0) is 11.3 Å². The van der Waals surface area contributed by atoms with Crippen molar-refractivity contribution in [1.29, 1.82) is 0 Å². The molecule has 0 radical (unpaired) electrons. The molecule has 1 aromatic heterocycles. The second-order valence-corrected chi connectivity index (χ2v) is 9.11. The summed E-state index contributed by atoms with van der Waals surface area (Å²) < 4.78 is 2.27. The van der Waals surface area contributed by atoms with Gasteiger partial charge in [-0.1, -0.05) is 60.3 Å². The van der Waals surface area contributed by atoms with E-state index in [4.69, 9.17) is 0 Å². The largest absolute Gasteiger partial charge is 0.341 e. The molecule has 5 rings (SSSR count). The van der Waals surface area contributed by atoms with Gasteiger partial charge in [0.15, 0.2) is 5.16 Å². The number of thioether (sulfide) groups is 1. The molecule has 1 aliphatic carbocycles. The van der Waals surface area contributed by atoms with E-state index < -0.39 is 0 Å². The highest BCUT2D eigenvalue weighted by molar-refractivity contribution is 7.99. The van der Waals surface area contributed by atoms with Crippen LogP contribution in [0.2, 0.25) is 0 Å². The first kappa shape index (κ1) is 20.1. The first-order chi connectivity index (χ1) is 15.3. The number of hydrogen-bond donors (Lipinski definition) is 0. The molecule has 2 aromatic carbocycles. The van der Waals surface area contributed by atoms with Crippen LogP contribution < -0.4 is 9.80 Å². The van der Waals surface area contributed by atoms with E-state index in [1.165, 1.54) is 37.4 Å². The Hall–Kier alpha value is -2.80. The van der Waals surface area contributed by atoms with Gasteiger partial charge in [0.25, 0.3) is 0 Å². The van der Waals surface area contributed by atoms with Crippen LogP contribution in [0.4, 0.5) is 11.6 Å². The van der Waals surface area contributed by atoms with Gasteiger partial charge in [0, 0.05) is 24.8 Å². The minimum absolute atomic E-state index is 0.0770. The molecular weight excluding hydrogens is 406 g/mol. The van der Waals surface area contributed by atoms with E-state index in [-0.39, 0.29) is 5.91 Å². The van der Waals surface area contributed by atoms with Crippen LogP contribution in [0.1, 0.15) is 37.3 Å². The van der Waals surface area contributed by atoms with Crippen LogP contribution in [0.3, 0.4) is 0 Å². The maximum Gasteiger partial charge on any atom is 0.237 e. The number of aromatic nitrogens is 3. The Morgan fingerprint density at radius 3 is 2.32 bits per heavy atom. The summed E-state index contributed by atoms with van der Waals surface area (Å²) in [7, 11) is 0. The summed E-state index contributed by atoms with van der Waals surface area (Å²) >= 11 is 1.51. The first-order valence-electron chi connectivity index (χ1n) is 11.0. The predicted molar refractivity (Wildman–Crippen MR) is 125 cm³/mol. The lowest BCUT2D eigenvalue weighted by Crippen LogP contribution is -2.32. The zero-order valence-corrected chi connectivity index (χ0v) is 18.4. The molecule has 7 heteroatoms. The molecule has 0 N–H and O–H groups in total. The number of carbonyl (C=O) groups excluding carboxylic acids is 1. The van der Waals surface area contributed by atoms with Crippen molar-refractivity contribution in [3.05, 3.63) is 66.2 Å². The average Bonchev–Trinajstić information content (AvgIpc) is 3.33. The number of rotatable bonds is 8. The molecule has 2 fully saturated rings. The molecular formula is C24H27N5OS. The predicted octanol–water partition coefficient (Wildman–Crippen LogP) is 4.54. The molecule has 31 heavy (non-hydrogen) atoms. The van der Waals surface area contributed by atoms with Gasteiger partial charge in [-0.15, -0.1) is 10.2 Å². The van der Waals surface area contributed by atoms with E-state index >= 15 is 0 Å². The van der Waals surface area contributed by atoms with E-state index in [2.05, 4.69) is 31.8 Å². The van der Waals surface area contributed by atoms with Gasteiger partial charge in [-0.25, -0.2) is 0 Å². The zero-order chi connectivity index (χ0) is 21.0. The van der Waals surface area contributed by atoms with Crippen molar-refractivity contribution in [3.8, 4) is 0 Å². The summed E-state index contributed by atoms with van der Waals surface area (Å²) in [6.45, 7) is 2.65. The van der Waals surface area contributed by atoms with Crippen LogP contribution in [0.5, 0.6) is 0 Å². The molecule has 0 bridgehead atoms. The fourth-order valence-electron chi connectivity index (χ4n) is 4.05. The standard InChI is InChI=1S/C24H27N5OS/c30-22(28(20-11-5-2-6-12-20)17-19-9-3-1-4-10-19)18-31-24-26-25-23(27-15-7-8-16-27)29(24)21-13-14-21/h1-6,9-12,21H,7-8,13-18H2. The summed E-state index contributed by atoms with van der Waals surface area (Å²) in [6.07, 6.45) is 4.77. The Kier molecular flexibility index (Phi) is 5.93. The number of carbonyl (C=O) groups is 1.